The van der Waals surface area contributed by atoms with E-state index in [9.17, 15) is 30.3 Å². The Morgan fingerprint density at radius 3 is 1.53 bits per heavy atom. The highest BCUT2D eigenvalue weighted by Crippen LogP contribution is 2.22. The standard InChI is InChI=1S/C46H87NO8/c1-3-5-7-9-11-13-15-17-19-20-21-22-24-26-28-30-32-34-36-42(50)47-39(38-54-46-45(53)44(52)43(51)41(37-48)55-46)40(49)35-33-31-29-27-25-23-18-16-14-12-10-8-6-4-2/h25,27,33,35,39-41,43-46,48-49,51-53H,3-24,26,28-32,34,36-38H2,1-2H3,(H,47,50)/b27-25+,35-33+/t39-,40+,41-,43-,44?,45?,46-/m0/s1. The fraction of sp³-hybridized carbons (Fsp3) is 0.891. The quantitative estimate of drug-likeness (QED) is 0.0268. The van der Waals surface area contributed by atoms with Crippen molar-refractivity contribution in [3.05, 3.63) is 24.3 Å². The van der Waals surface area contributed by atoms with Crippen LogP contribution in [0.3, 0.4) is 0 Å². The Labute approximate surface area is 337 Å². The first kappa shape index (κ1) is 51.7. The number of hydrogen-bond donors (Lipinski definition) is 6. The minimum atomic E-state index is -1.57. The SMILES string of the molecule is CCCCCCCCCC/C=C/CC/C=C/[C@@H](O)[C@H](CO[C@H]1O[C@@H](CO)[C@H](O)C(O)C1O)NC(=O)CCCCCCCCCCCCCCCCCCCC. The number of carbonyl (C=O) groups is 1. The molecule has 55 heavy (non-hydrogen) atoms. The molecular weight excluding hydrogens is 695 g/mol. The number of carbonyl (C=O) groups excluding carboxylic acids is 1. The normalized spacial score (nSPS) is 21.5. The summed E-state index contributed by atoms with van der Waals surface area (Å²) in [6, 6.07) is -0.816. The van der Waals surface area contributed by atoms with Crippen LogP contribution in [0.25, 0.3) is 0 Å². The molecule has 0 aromatic rings. The second kappa shape index (κ2) is 37.0. The molecule has 1 rings (SSSR count). The van der Waals surface area contributed by atoms with Gasteiger partial charge in [-0.15, -0.1) is 0 Å². The Bertz CT molecular complexity index is 914. The average Bonchev–Trinajstić information content (AvgIpc) is 3.18. The predicted molar refractivity (Wildman–Crippen MR) is 226 cm³/mol. The van der Waals surface area contributed by atoms with E-state index in [1.54, 1.807) is 6.08 Å². The van der Waals surface area contributed by atoms with Gasteiger partial charge in [0, 0.05) is 6.42 Å². The first-order valence-corrected chi connectivity index (χ1v) is 23.1. The molecule has 0 aromatic carbocycles. The maximum absolute atomic E-state index is 12.9. The van der Waals surface area contributed by atoms with Gasteiger partial charge in [0.1, 0.15) is 24.4 Å². The Kier molecular flexibility index (Phi) is 34.7. The molecule has 1 aliphatic rings. The third-order valence-corrected chi connectivity index (χ3v) is 11.0. The largest absolute Gasteiger partial charge is 0.394 e. The zero-order valence-electron chi connectivity index (χ0n) is 35.4. The average molecular weight is 782 g/mol. The number of amides is 1. The molecule has 0 saturated carbocycles. The molecule has 0 aliphatic carbocycles. The number of aliphatic hydroxyl groups excluding tert-OH is 5. The molecule has 7 atom stereocenters. The second-order valence-corrected chi connectivity index (χ2v) is 16.2. The fourth-order valence-electron chi connectivity index (χ4n) is 7.29. The van der Waals surface area contributed by atoms with Crippen molar-refractivity contribution in [3.8, 4) is 0 Å². The minimum absolute atomic E-state index is 0.185. The first-order valence-electron chi connectivity index (χ1n) is 23.1. The number of aliphatic hydroxyl groups is 5. The topological polar surface area (TPSA) is 149 Å². The van der Waals surface area contributed by atoms with Crippen molar-refractivity contribution in [2.75, 3.05) is 13.2 Å². The summed E-state index contributed by atoms with van der Waals surface area (Å²) in [7, 11) is 0. The molecule has 2 unspecified atom stereocenters. The van der Waals surface area contributed by atoms with Gasteiger partial charge in [0.2, 0.25) is 5.91 Å². The summed E-state index contributed by atoms with van der Waals surface area (Å²) in [6.07, 6.45) is 36.5. The lowest BCUT2D eigenvalue weighted by molar-refractivity contribution is -0.302. The lowest BCUT2D eigenvalue weighted by Gasteiger charge is -2.40. The third-order valence-electron chi connectivity index (χ3n) is 11.0. The van der Waals surface area contributed by atoms with Gasteiger partial charge in [-0.1, -0.05) is 192 Å². The number of nitrogens with one attached hydrogen (secondary N) is 1. The summed E-state index contributed by atoms with van der Waals surface area (Å²) in [5, 5.41) is 54.1. The predicted octanol–water partition coefficient (Wildman–Crippen LogP) is 9.50. The van der Waals surface area contributed by atoms with Gasteiger partial charge >= 0.3 is 0 Å². The maximum atomic E-state index is 12.9. The van der Waals surface area contributed by atoms with E-state index in [0.29, 0.717) is 6.42 Å². The van der Waals surface area contributed by atoms with E-state index in [-0.39, 0.29) is 12.5 Å². The third kappa shape index (κ3) is 27.9. The van der Waals surface area contributed by atoms with Gasteiger partial charge in [-0.25, -0.2) is 0 Å². The van der Waals surface area contributed by atoms with Gasteiger partial charge in [0.15, 0.2) is 6.29 Å². The van der Waals surface area contributed by atoms with E-state index in [1.807, 2.05) is 6.08 Å². The number of unbranched alkanes of at least 4 members (excludes halogenated alkanes) is 26. The van der Waals surface area contributed by atoms with E-state index in [1.165, 1.54) is 148 Å². The van der Waals surface area contributed by atoms with Gasteiger partial charge in [-0.2, -0.15) is 0 Å². The first-order chi connectivity index (χ1) is 26.8. The lowest BCUT2D eigenvalue weighted by Crippen LogP contribution is -2.60. The molecule has 6 N–H and O–H groups in total. The Hall–Kier alpha value is -1.33. The van der Waals surface area contributed by atoms with Crippen LogP contribution in [0.1, 0.15) is 206 Å². The molecule has 1 aliphatic heterocycles. The van der Waals surface area contributed by atoms with Gasteiger partial charge in [-0.05, 0) is 32.1 Å². The van der Waals surface area contributed by atoms with Crippen LogP contribution >= 0.6 is 0 Å². The smallest absolute Gasteiger partial charge is 0.220 e. The highest BCUT2D eigenvalue weighted by atomic mass is 16.7. The summed E-state index contributed by atoms with van der Waals surface area (Å²) in [5.74, 6) is -0.185. The van der Waals surface area contributed by atoms with Crippen molar-refractivity contribution < 1.29 is 39.8 Å². The fourth-order valence-corrected chi connectivity index (χ4v) is 7.29. The van der Waals surface area contributed by atoms with Gasteiger partial charge in [0.25, 0.3) is 0 Å². The van der Waals surface area contributed by atoms with Crippen LogP contribution in [0.4, 0.5) is 0 Å². The Morgan fingerprint density at radius 2 is 1.04 bits per heavy atom. The van der Waals surface area contributed by atoms with Crippen LogP contribution in [-0.2, 0) is 14.3 Å². The van der Waals surface area contributed by atoms with Crippen LogP contribution in [0.15, 0.2) is 24.3 Å². The molecule has 1 amide bonds. The maximum Gasteiger partial charge on any atom is 0.220 e. The van der Waals surface area contributed by atoms with Crippen molar-refractivity contribution in [1.82, 2.24) is 5.32 Å². The molecule has 0 aromatic heterocycles. The zero-order chi connectivity index (χ0) is 40.2. The monoisotopic (exact) mass is 782 g/mol. The van der Waals surface area contributed by atoms with Crippen LogP contribution in [0.5, 0.6) is 0 Å². The van der Waals surface area contributed by atoms with Crippen molar-refractivity contribution in [2.24, 2.45) is 0 Å². The molecule has 1 heterocycles. The highest BCUT2D eigenvalue weighted by molar-refractivity contribution is 5.76. The van der Waals surface area contributed by atoms with E-state index in [4.69, 9.17) is 9.47 Å². The van der Waals surface area contributed by atoms with Crippen molar-refractivity contribution in [3.63, 3.8) is 0 Å². The van der Waals surface area contributed by atoms with Crippen LogP contribution in [-0.4, -0.2) is 87.5 Å². The summed E-state index contributed by atoms with van der Waals surface area (Å²) < 4.78 is 11.2. The summed E-state index contributed by atoms with van der Waals surface area (Å²) in [6.45, 7) is 3.76. The van der Waals surface area contributed by atoms with Crippen LogP contribution in [0.2, 0.25) is 0 Å². The summed E-state index contributed by atoms with van der Waals surface area (Å²) >= 11 is 0. The second-order valence-electron chi connectivity index (χ2n) is 16.2. The molecular formula is C46H87NO8. The van der Waals surface area contributed by atoms with Crippen LogP contribution < -0.4 is 5.32 Å². The highest BCUT2D eigenvalue weighted by Gasteiger charge is 2.44. The molecule has 9 heteroatoms. The van der Waals surface area contributed by atoms with Gasteiger partial charge in [0.05, 0.1) is 25.4 Å². The van der Waals surface area contributed by atoms with Gasteiger partial charge < -0.3 is 40.3 Å². The molecule has 0 radical (unpaired) electrons. The molecule has 1 saturated heterocycles. The lowest BCUT2D eigenvalue weighted by atomic mass is 9.99. The number of ether oxygens (including phenoxy) is 2. The Balaban J connectivity index is 2.36. The zero-order valence-corrected chi connectivity index (χ0v) is 35.4. The van der Waals surface area contributed by atoms with Crippen molar-refractivity contribution >= 4 is 5.91 Å². The summed E-state index contributed by atoms with van der Waals surface area (Å²) in [4.78, 5) is 12.9. The molecule has 324 valence electrons. The van der Waals surface area contributed by atoms with Crippen molar-refractivity contribution in [1.29, 1.82) is 0 Å². The minimum Gasteiger partial charge on any atom is -0.394 e. The van der Waals surface area contributed by atoms with Crippen molar-refractivity contribution in [2.45, 2.75) is 249 Å². The molecule has 1 fully saturated rings. The van der Waals surface area contributed by atoms with E-state index >= 15 is 0 Å². The number of rotatable bonds is 38. The van der Waals surface area contributed by atoms with E-state index < -0.39 is 49.5 Å². The molecule has 0 spiro atoms. The number of allylic oxidation sites excluding steroid dienone is 3. The molecule has 0 bridgehead atoms. The molecule has 9 nitrogen and oxygen atoms in total. The van der Waals surface area contributed by atoms with Gasteiger partial charge in [-0.3, -0.25) is 4.79 Å². The Morgan fingerprint density at radius 1 is 0.600 bits per heavy atom. The summed E-state index contributed by atoms with van der Waals surface area (Å²) in [5.41, 5.74) is 0. The van der Waals surface area contributed by atoms with E-state index in [2.05, 4.69) is 31.3 Å². The van der Waals surface area contributed by atoms with Crippen LogP contribution in [0, 0.1) is 0 Å². The van der Waals surface area contributed by atoms with E-state index in [0.717, 1.165) is 38.5 Å². The number of hydrogen-bond acceptors (Lipinski definition) is 8.